The van der Waals surface area contributed by atoms with Gasteiger partial charge in [-0.1, -0.05) is 24.3 Å². The lowest BCUT2D eigenvalue weighted by Crippen LogP contribution is -2.13. The predicted octanol–water partition coefficient (Wildman–Crippen LogP) is 3.71. The van der Waals surface area contributed by atoms with Crippen LogP contribution in [0.3, 0.4) is 0 Å². The number of hydrogen-bond donors (Lipinski definition) is 2. The quantitative estimate of drug-likeness (QED) is 0.735. The van der Waals surface area contributed by atoms with E-state index in [0.29, 0.717) is 16.9 Å². The van der Waals surface area contributed by atoms with Gasteiger partial charge in [0.05, 0.1) is 17.0 Å². The molecule has 0 atom stereocenters. The number of anilines is 2. The smallest absolute Gasteiger partial charge is 0.261 e. The highest BCUT2D eigenvalue weighted by molar-refractivity contribution is 7.92. The van der Waals surface area contributed by atoms with Crippen LogP contribution in [0, 0.1) is 0 Å². The molecule has 1 amide bonds. The van der Waals surface area contributed by atoms with Crippen LogP contribution in [0.15, 0.2) is 64.9 Å². The molecule has 0 spiro atoms. The summed E-state index contributed by atoms with van der Waals surface area (Å²) in [5, 5.41) is 4.65. The third-order valence-corrected chi connectivity index (χ3v) is 6.24. The molecular weight excluding hydrogens is 356 g/mol. The van der Waals surface area contributed by atoms with Crippen molar-refractivity contribution in [1.29, 1.82) is 0 Å². The molecule has 0 bridgehead atoms. The fourth-order valence-corrected chi connectivity index (χ4v) is 4.69. The van der Waals surface area contributed by atoms with Crippen LogP contribution in [0.25, 0.3) is 10.4 Å². The lowest BCUT2D eigenvalue weighted by molar-refractivity contribution is -0.115. The van der Waals surface area contributed by atoms with Gasteiger partial charge in [-0.15, -0.1) is 11.3 Å². The van der Waals surface area contributed by atoms with E-state index >= 15 is 0 Å². The first kappa shape index (κ1) is 15.9. The molecule has 0 saturated carbocycles. The van der Waals surface area contributed by atoms with Crippen LogP contribution in [0.5, 0.6) is 0 Å². The summed E-state index contributed by atoms with van der Waals surface area (Å²) in [4.78, 5) is 12.6. The zero-order chi connectivity index (χ0) is 17.4. The Balaban J connectivity index is 1.70. The molecular formula is C18H14N2O3S2. The summed E-state index contributed by atoms with van der Waals surface area (Å²) in [6, 6.07) is 15.8. The third kappa shape index (κ3) is 3.04. The van der Waals surface area contributed by atoms with Crippen LogP contribution in [0.2, 0.25) is 0 Å². The summed E-state index contributed by atoms with van der Waals surface area (Å²) in [6.07, 6.45) is 0.199. The maximum absolute atomic E-state index is 12.8. The van der Waals surface area contributed by atoms with Gasteiger partial charge in [0, 0.05) is 16.1 Å². The predicted molar refractivity (Wildman–Crippen MR) is 99.3 cm³/mol. The summed E-state index contributed by atoms with van der Waals surface area (Å²) in [5.41, 5.74) is 2.72. The second-order valence-electron chi connectivity index (χ2n) is 5.67. The summed E-state index contributed by atoms with van der Waals surface area (Å²) >= 11 is 1.55. The van der Waals surface area contributed by atoms with Crippen molar-refractivity contribution < 1.29 is 13.2 Å². The first-order valence-corrected chi connectivity index (χ1v) is 9.98. The Bertz CT molecular complexity index is 1060. The van der Waals surface area contributed by atoms with Crippen LogP contribution < -0.4 is 10.0 Å². The average Bonchev–Trinajstić information content (AvgIpc) is 3.22. The molecule has 0 radical (unpaired) electrons. The summed E-state index contributed by atoms with van der Waals surface area (Å²) in [5.74, 6) is -0.124. The molecule has 1 aliphatic rings. The largest absolute Gasteiger partial charge is 0.326 e. The van der Waals surface area contributed by atoms with Gasteiger partial charge in [-0.05, 0) is 41.3 Å². The van der Waals surface area contributed by atoms with Crippen LogP contribution in [0.4, 0.5) is 11.4 Å². The topological polar surface area (TPSA) is 75.3 Å². The lowest BCUT2D eigenvalue weighted by Gasteiger charge is -2.12. The van der Waals surface area contributed by atoms with Crippen LogP contribution in [0.1, 0.15) is 5.56 Å². The van der Waals surface area contributed by atoms with Crippen LogP contribution in [-0.2, 0) is 21.2 Å². The van der Waals surface area contributed by atoms with E-state index in [4.69, 9.17) is 0 Å². The first-order chi connectivity index (χ1) is 12.0. The van der Waals surface area contributed by atoms with E-state index in [0.717, 1.165) is 10.4 Å². The van der Waals surface area contributed by atoms with Crippen LogP contribution in [-0.4, -0.2) is 14.3 Å². The Labute approximate surface area is 149 Å². The molecule has 2 N–H and O–H groups in total. The molecule has 2 heterocycles. The SMILES string of the molecule is O=C1Cc2cc(S(=O)(=O)Nc3ccccc3-c3cccs3)ccc2N1. The number of carbonyl (C=O) groups excluding carboxylic acids is 1. The molecule has 0 unspecified atom stereocenters. The fourth-order valence-electron chi connectivity index (χ4n) is 2.80. The van der Waals surface area contributed by atoms with Gasteiger partial charge < -0.3 is 5.32 Å². The van der Waals surface area contributed by atoms with E-state index in [1.165, 1.54) is 6.07 Å². The Morgan fingerprint density at radius 1 is 1.04 bits per heavy atom. The maximum Gasteiger partial charge on any atom is 0.261 e. The van der Waals surface area contributed by atoms with Gasteiger partial charge in [0.25, 0.3) is 10.0 Å². The van der Waals surface area contributed by atoms with E-state index in [1.807, 2.05) is 29.6 Å². The van der Waals surface area contributed by atoms with Crippen molar-refractivity contribution in [3.8, 4) is 10.4 Å². The zero-order valence-electron chi connectivity index (χ0n) is 13.0. The van der Waals surface area contributed by atoms with Crippen molar-refractivity contribution in [2.45, 2.75) is 11.3 Å². The Morgan fingerprint density at radius 2 is 1.88 bits per heavy atom. The highest BCUT2D eigenvalue weighted by Gasteiger charge is 2.22. The first-order valence-electron chi connectivity index (χ1n) is 7.61. The van der Waals surface area contributed by atoms with Crippen molar-refractivity contribution in [3.05, 3.63) is 65.5 Å². The average molecular weight is 370 g/mol. The van der Waals surface area contributed by atoms with Gasteiger partial charge in [-0.25, -0.2) is 8.42 Å². The molecule has 2 aromatic carbocycles. The van der Waals surface area contributed by atoms with Gasteiger partial charge in [-0.3, -0.25) is 9.52 Å². The summed E-state index contributed by atoms with van der Waals surface area (Å²) in [6.45, 7) is 0. The fraction of sp³-hybridized carbons (Fsp3) is 0.0556. The van der Waals surface area contributed by atoms with Crippen molar-refractivity contribution in [3.63, 3.8) is 0 Å². The number of carbonyl (C=O) groups is 1. The van der Waals surface area contributed by atoms with Gasteiger partial charge >= 0.3 is 0 Å². The number of rotatable bonds is 4. The normalized spacial score (nSPS) is 13.4. The molecule has 0 fully saturated rings. The van der Waals surface area contributed by atoms with E-state index in [2.05, 4.69) is 10.0 Å². The number of hydrogen-bond acceptors (Lipinski definition) is 4. The van der Waals surface area contributed by atoms with Gasteiger partial charge in [0.1, 0.15) is 0 Å². The van der Waals surface area contributed by atoms with Crippen LogP contribution >= 0.6 is 11.3 Å². The van der Waals surface area contributed by atoms with Crippen molar-refractivity contribution in [2.75, 3.05) is 10.0 Å². The molecule has 5 nitrogen and oxygen atoms in total. The lowest BCUT2D eigenvalue weighted by atomic mass is 10.1. The van der Waals surface area contributed by atoms with Crippen molar-refractivity contribution in [1.82, 2.24) is 0 Å². The molecule has 4 rings (SSSR count). The number of para-hydroxylation sites is 1. The molecule has 7 heteroatoms. The minimum Gasteiger partial charge on any atom is -0.326 e. The summed E-state index contributed by atoms with van der Waals surface area (Å²) < 4.78 is 28.3. The van der Waals surface area contributed by atoms with Gasteiger partial charge in [0.15, 0.2) is 0 Å². The van der Waals surface area contributed by atoms with E-state index in [1.54, 1.807) is 35.6 Å². The Kier molecular flexibility index (Phi) is 3.82. The van der Waals surface area contributed by atoms with Crippen molar-refractivity contribution >= 4 is 38.6 Å². The summed E-state index contributed by atoms with van der Waals surface area (Å²) in [7, 11) is -3.75. The molecule has 1 aliphatic heterocycles. The van der Waals surface area contributed by atoms with E-state index in [-0.39, 0.29) is 17.2 Å². The zero-order valence-corrected chi connectivity index (χ0v) is 14.7. The number of fused-ring (bicyclic) bond motifs is 1. The molecule has 25 heavy (non-hydrogen) atoms. The minimum atomic E-state index is -3.75. The molecule has 0 saturated heterocycles. The molecule has 126 valence electrons. The monoisotopic (exact) mass is 370 g/mol. The number of sulfonamides is 1. The number of amides is 1. The second-order valence-corrected chi connectivity index (χ2v) is 8.30. The number of nitrogens with one attached hydrogen (secondary N) is 2. The minimum absolute atomic E-state index is 0.124. The van der Waals surface area contributed by atoms with Gasteiger partial charge in [-0.2, -0.15) is 0 Å². The highest BCUT2D eigenvalue weighted by Crippen LogP contribution is 2.33. The number of thiophene rings is 1. The molecule has 1 aromatic heterocycles. The standard InChI is InChI=1S/C18H14N2O3S2/c21-18-11-12-10-13(7-8-15(12)19-18)25(22,23)20-16-5-2-1-4-14(16)17-6-3-9-24-17/h1-10,20H,11H2,(H,19,21). The Hall–Kier alpha value is -2.64. The van der Waals surface area contributed by atoms with Gasteiger partial charge in [0.2, 0.25) is 5.91 Å². The van der Waals surface area contributed by atoms with Crippen molar-refractivity contribution in [2.24, 2.45) is 0 Å². The Morgan fingerprint density at radius 3 is 2.68 bits per heavy atom. The second kappa shape index (κ2) is 6.02. The van der Waals surface area contributed by atoms with E-state index in [9.17, 15) is 13.2 Å². The van der Waals surface area contributed by atoms with E-state index < -0.39 is 10.0 Å². The maximum atomic E-state index is 12.8. The number of benzene rings is 2. The molecule has 3 aromatic rings. The molecule has 0 aliphatic carbocycles. The highest BCUT2D eigenvalue weighted by atomic mass is 32.2. The third-order valence-electron chi connectivity index (χ3n) is 3.97.